The Hall–Kier alpha value is -2.80. The number of carbonyl (C=O) groups is 1. The number of rotatable bonds is 3. The van der Waals surface area contributed by atoms with E-state index in [0.29, 0.717) is 5.69 Å². The van der Waals surface area contributed by atoms with Crippen LogP contribution in [-0.2, 0) is 0 Å². The van der Waals surface area contributed by atoms with Crippen molar-refractivity contribution < 1.29 is 4.79 Å². The number of primary amides is 1. The third-order valence-electron chi connectivity index (χ3n) is 3.14. The average molecular weight is 312 g/mol. The summed E-state index contributed by atoms with van der Waals surface area (Å²) >= 11 is 1.46. The lowest BCUT2D eigenvalue weighted by Gasteiger charge is -2.00. The first kappa shape index (κ1) is 14.2. The lowest BCUT2D eigenvalue weighted by molar-refractivity contribution is 0.0999. The maximum atomic E-state index is 11.9. The average Bonchev–Trinajstić information content (AvgIpc) is 2.89. The van der Waals surface area contributed by atoms with Gasteiger partial charge in [0, 0.05) is 18.0 Å². The second-order valence-electron chi connectivity index (χ2n) is 4.65. The number of aromatic amines is 1. The fraction of sp³-hybridized carbons (Fsp3) is 0.0667. The van der Waals surface area contributed by atoms with E-state index in [-0.39, 0.29) is 5.56 Å². The Kier molecular flexibility index (Phi) is 3.56. The van der Waals surface area contributed by atoms with E-state index in [4.69, 9.17) is 5.73 Å². The van der Waals surface area contributed by atoms with E-state index in [0.717, 1.165) is 21.1 Å². The summed E-state index contributed by atoms with van der Waals surface area (Å²) in [5, 5.41) is 0.842. The molecule has 22 heavy (non-hydrogen) atoms. The number of pyridine rings is 2. The zero-order valence-corrected chi connectivity index (χ0v) is 12.5. The topological polar surface area (TPSA) is 102 Å². The van der Waals surface area contributed by atoms with Crippen LogP contribution in [0, 0.1) is 6.92 Å². The quantitative estimate of drug-likeness (QED) is 0.772. The van der Waals surface area contributed by atoms with Crippen molar-refractivity contribution in [3.05, 3.63) is 58.3 Å². The van der Waals surface area contributed by atoms with Crippen LogP contribution in [0.4, 0.5) is 0 Å². The van der Waals surface area contributed by atoms with Gasteiger partial charge in [-0.2, -0.15) is 0 Å². The maximum Gasteiger partial charge on any atom is 0.261 e. The molecule has 0 fully saturated rings. The van der Waals surface area contributed by atoms with Crippen molar-refractivity contribution in [2.45, 2.75) is 6.92 Å². The van der Waals surface area contributed by atoms with Gasteiger partial charge in [0.15, 0.2) is 0 Å². The molecule has 6 nitrogen and oxygen atoms in total. The Morgan fingerprint density at radius 2 is 1.95 bits per heavy atom. The number of aromatic nitrogens is 3. The molecule has 3 aromatic heterocycles. The van der Waals surface area contributed by atoms with Gasteiger partial charge in [-0.1, -0.05) is 0 Å². The van der Waals surface area contributed by atoms with Crippen LogP contribution < -0.4 is 11.3 Å². The molecule has 0 bridgehead atoms. The van der Waals surface area contributed by atoms with Crippen molar-refractivity contribution in [3.63, 3.8) is 0 Å². The van der Waals surface area contributed by atoms with Gasteiger partial charge in [-0.25, -0.2) is 4.98 Å². The summed E-state index contributed by atoms with van der Waals surface area (Å²) in [5.41, 5.74) is 6.97. The Balaban J connectivity index is 2.06. The molecule has 0 unspecified atom stereocenters. The van der Waals surface area contributed by atoms with Gasteiger partial charge in [0.1, 0.15) is 10.6 Å². The standard InChI is InChI=1S/C15H12N4O2S/c1-8-12(11-3-2-10(13(16)20)14(21)19-11)22-15(18-8)9-4-6-17-7-5-9/h2-7H,1H3,(H2,16,20)(H,19,21). The molecule has 0 saturated heterocycles. The van der Waals surface area contributed by atoms with Crippen molar-refractivity contribution in [1.29, 1.82) is 0 Å². The number of aryl methyl sites for hydroxylation is 1. The molecule has 1 amide bonds. The smallest absolute Gasteiger partial charge is 0.261 e. The van der Waals surface area contributed by atoms with Crippen LogP contribution in [0.2, 0.25) is 0 Å². The molecule has 0 aliphatic rings. The summed E-state index contributed by atoms with van der Waals surface area (Å²) < 4.78 is 0. The minimum absolute atomic E-state index is 0.0553. The van der Waals surface area contributed by atoms with Gasteiger partial charge in [0.05, 0.1) is 16.3 Å². The second-order valence-corrected chi connectivity index (χ2v) is 5.65. The van der Waals surface area contributed by atoms with Gasteiger partial charge >= 0.3 is 0 Å². The Morgan fingerprint density at radius 3 is 2.59 bits per heavy atom. The first-order valence-corrected chi connectivity index (χ1v) is 7.29. The number of H-pyrrole nitrogens is 1. The van der Waals surface area contributed by atoms with Crippen LogP contribution in [0.25, 0.3) is 21.1 Å². The van der Waals surface area contributed by atoms with Crippen LogP contribution in [-0.4, -0.2) is 20.9 Å². The van der Waals surface area contributed by atoms with E-state index in [9.17, 15) is 9.59 Å². The van der Waals surface area contributed by atoms with Gasteiger partial charge in [-0.3, -0.25) is 14.6 Å². The summed E-state index contributed by atoms with van der Waals surface area (Å²) in [4.78, 5) is 35.0. The number of nitrogens with one attached hydrogen (secondary N) is 1. The molecule has 3 N–H and O–H groups in total. The number of hydrogen-bond donors (Lipinski definition) is 2. The summed E-state index contributed by atoms with van der Waals surface area (Å²) in [6, 6.07) is 6.85. The molecule has 110 valence electrons. The molecule has 3 rings (SSSR count). The van der Waals surface area contributed by atoms with Gasteiger partial charge < -0.3 is 10.7 Å². The van der Waals surface area contributed by atoms with E-state index in [2.05, 4.69) is 15.0 Å². The van der Waals surface area contributed by atoms with Gasteiger partial charge in [0.25, 0.3) is 11.5 Å². The summed E-state index contributed by atoms with van der Waals surface area (Å²) in [7, 11) is 0. The lowest BCUT2D eigenvalue weighted by atomic mass is 10.2. The van der Waals surface area contributed by atoms with Crippen LogP contribution in [0.5, 0.6) is 0 Å². The molecule has 0 spiro atoms. The van der Waals surface area contributed by atoms with E-state index >= 15 is 0 Å². The largest absolute Gasteiger partial charge is 0.365 e. The highest BCUT2D eigenvalue weighted by molar-refractivity contribution is 7.18. The zero-order chi connectivity index (χ0) is 15.7. The monoisotopic (exact) mass is 312 g/mol. The van der Waals surface area contributed by atoms with Gasteiger partial charge in [0.2, 0.25) is 0 Å². The fourth-order valence-corrected chi connectivity index (χ4v) is 3.12. The third kappa shape index (κ3) is 2.53. The minimum Gasteiger partial charge on any atom is -0.365 e. The molecule has 3 aromatic rings. The van der Waals surface area contributed by atoms with Crippen LogP contribution in [0.1, 0.15) is 16.1 Å². The molecule has 0 aliphatic heterocycles. The normalized spacial score (nSPS) is 10.6. The molecular formula is C15H12N4O2S. The third-order valence-corrected chi connectivity index (χ3v) is 4.38. The maximum absolute atomic E-state index is 11.9. The van der Waals surface area contributed by atoms with Crippen molar-refractivity contribution >= 4 is 17.2 Å². The highest BCUT2D eigenvalue weighted by atomic mass is 32.1. The number of carbonyl (C=O) groups excluding carboxylic acids is 1. The summed E-state index contributed by atoms with van der Waals surface area (Å²) in [5.74, 6) is -0.744. The van der Waals surface area contributed by atoms with Crippen LogP contribution >= 0.6 is 11.3 Å². The lowest BCUT2D eigenvalue weighted by Crippen LogP contribution is -2.23. The molecular weight excluding hydrogens is 300 g/mol. The first-order valence-electron chi connectivity index (χ1n) is 6.47. The van der Waals surface area contributed by atoms with Gasteiger partial charge in [-0.05, 0) is 31.2 Å². The zero-order valence-electron chi connectivity index (χ0n) is 11.7. The fourth-order valence-electron chi connectivity index (χ4n) is 2.06. The number of hydrogen-bond acceptors (Lipinski definition) is 5. The SMILES string of the molecule is Cc1nc(-c2ccncc2)sc1-c1ccc(C(N)=O)c(=O)[nH]1. The molecule has 7 heteroatoms. The Morgan fingerprint density at radius 1 is 1.23 bits per heavy atom. The van der Waals surface area contributed by atoms with E-state index in [1.165, 1.54) is 17.4 Å². The van der Waals surface area contributed by atoms with E-state index < -0.39 is 11.5 Å². The van der Waals surface area contributed by atoms with Crippen molar-refractivity contribution in [1.82, 2.24) is 15.0 Å². The highest BCUT2D eigenvalue weighted by Crippen LogP contribution is 2.33. The Bertz CT molecular complexity index is 899. The van der Waals surface area contributed by atoms with Crippen LogP contribution in [0.15, 0.2) is 41.5 Å². The van der Waals surface area contributed by atoms with Gasteiger partial charge in [-0.15, -0.1) is 11.3 Å². The second kappa shape index (κ2) is 5.53. The molecule has 0 aromatic carbocycles. The van der Waals surface area contributed by atoms with Crippen LogP contribution in [0.3, 0.4) is 0 Å². The predicted molar refractivity (Wildman–Crippen MR) is 84.7 cm³/mol. The Labute approximate surface area is 129 Å². The summed E-state index contributed by atoms with van der Waals surface area (Å²) in [6.07, 6.45) is 3.41. The van der Waals surface area contributed by atoms with Crippen molar-refractivity contribution in [2.75, 3.05) is 0 Å². The number of nitrogens with two attached hydrogens (primary N) is 1. The van der Waals surface area contributed by atoms with E-state index in [1.807, 2.05) is 19.1 Å². The summed E-state index contributed by atoms with van der Waals surface area (Å²) in [6.45, 7) is 1.87. The molecule has 0 radical (unpaired) electrons. The molecule has 3 heterocycles. The molecule has 0 aliphatic carbocycles. The minimum atomic E-state index is -0.744. The first-order chi connectivity index (χ1) is 10.6. The number of amides is 1. The van der Waals surface area contributed by atoms with Crippen molar-refractivity contribution in [3.8, 4) is 21.1 Å². The highest BCUT2D eigenvalue weighted by Gasteiger charge is 2.14. The molecule has 0 atom stereocenters. The number of nitrogens with zero attached hydrogens (tertiary/aromatic N) is 2. The van der Waals surface area contributed by atoms with Crippen molar-refractivity contribution in [2.24, 2.45) is 5.73 Å². The molecule has 0 saturated carbocycles. The number of thiazole rings is 1. The van der Waals surface area contributed by atoms with E-state index in [1.54, 1.807) is 18.5 Å². The predicted octanol–water partition coefficient (Wildman–Crippen LogP) is 1.97.